The molecule has 0 bridgehead atoms. The molecular weight excluding hydrogens is 606 g/mol. The van der Waals surface area contributed by atoms with E-state index in [2.05, 4.69) is 4.98 Å². The fraction of sp³-hybridized carbons (Fsp3) is 0.343. The molecule has 12 nitrogen and oxygen atoms in total. The van der Waals surface area contributed by atoms with E-state index in [4.69, 9.17) is 29.4 Å². The lowest BCUT2D eigenvalue weighted by molar-refractivity contribution is -0.199. The summed E-state index contributed by atoms with van der Waals surface area (Å²) in [5.74, 6) is 0.168. The summed E-state index contributed by atoms with van der Waals surface area (Å²) in [5, 5.41) is 11.8. The lowest BCUT2D eigenvalue weighted by Gasteiger charge is -2.37. The topological polar surface area (TPSA) is 164 Å². The van der Waals surface area contributed by atoms with Crippen molar-refractivity contribution < 1.29 is 33.6 Å². The highest BCUT2D eigenvalue weighted by molar-refractivity contribution is 5.82. The quantitative estimate of drug-likeness (QED) is 0.208. The van der Waals surface area contributed by atoms with Crippen molar-refractivity contribution in [1.29, 1.82) is 0 Å². The number of aliphatic hydroxyl groups is 1. The number of carbonyl (C=O) groups excluding carboxylic acids is 1. The Balaban J connectivity index is 1.66. The van der Waals surface area contributed by atoms with Gasteiger partial charge in [-0.05, 0) is 61.7 Å². The van der Waals surface area contributed by atoms with E-state index in [1.165, 1.54) is 0 Å². The number of hydrogen-bond acceptors (Lipinski definition) is 9. The highest BCUT2D eigenvalue weighted by Gasteiger charge is 2.63. The van der Waals surface area contributed by atoms with Crippen LogP contribution in [-0.2, 0) is 30.3 Å². The first-order valence-electron chi connectivity index (χ1n) is 15.0. The maximum Gasteiger partial charge on any atom is 0.331 e. The van der Waals surface area contributed by atoms with Gasteiger partial charge < -0.3 is 34.5 Å². The minimum absolute atomic E-state index is 0.300. The number of aromatic amines is 1. The van der Waals surface area contributed by atoms with Gasteiger partial charge >= 0.3 is 5.69 Å². The van der Waals surface area contributed by atoms with Crippen LogP contribution in [-0.4, -0.2) is 65.3 Å². The molecule has 0 spiro atoms. The molecule has 1 aromatic heterocycles. The zero-order chi connectivity index (χ0) is 34.0. The van der Waals surface area contributed by atoms with Crippen LogP contribution in [0.2, 0.25) is 0 Å². The minimum atomic E-state index is -2.34. The molecule has 0 saturated carbocycles. The predicted molar refractivity (Wildman–Crippen MR) is 172 cm³/mol. The third kappa shape index (κ3) is 6.32. The van der Waals surface area contributed by atoms with E-state index in [1.54, 1.807) is 35.0 Å². The van der Waals surface area contributed by atoms with Gasteiger partial charge in [0.05, 0.1) is 26.4 Å². The zero-order valence-electron chi connectivity index (χ0n) is 26.8. The Bertz CT molecular complexity index is 1750. The molecule has 0 radical (unpaired) electrons. The number of aromatic nitrogens is 2. The van der Waals surface area contributed by atoms with Gasteiger partial charge in [-0.15, -0.1) is 0 Å². The summed E-state index contributed by atoms with van der Waals surface area (Å²) in [5.41, 5.74) is 1.95. The fourth-order valence-corrected chi connectivity index (χ4v) is 5.93. The SMILES string of the molecule is COc1ccc(C(OC[C@H]2O[C@@](C(N)=O)(n3ccc(=O)[nH]c3=O)[C@H](OC(C)(C)C)[C@@H]2O)(c2ccccc2)c2ccc(OC)cc2)cc1. The molecule has 1 aliphatic rings. The number of aliphatic hydroxyl groups excluding tert-OH is 1. The van der Waals surface area contributed by atoms with Crippen LogP contribution in [0.5, 0.6) is 11.5 Å². The smallest absolute Gasteiger partial charge is 0.331 e. The molecule has 4 N–H and O–H groups in total. The fourth-order valence-electron chi connectivity index (χ4n) is 5.93. The van der Waals surface area contributed by atoms with E-state index >= 15 is 0 Å². The summed E-state index contributed by atoms with van der Waals surface area (Å²) in [4.78, 5) is 40.4. The number of ether oxygens (including phenoxy) is 5. The van der Waals surface area contributed by atoms with E-state index in [-0.39, 0.29) is 6.61 Å². The van der Waals surface area contributed by atoms with E-state index in [9.17, 15) is 19.5 Å². The van der Waals surface area contributed by atoms with Gasteiger partial charge in [-0.1, -0.05) is 54.6 Å². The largest absolute Gasteiger partial charge is 0.497 e. The number of carbonyl (C=O) groups is 1. The van der Waals surface area contributed by atoms with Crippen LogP contribution in [0.4, 0.5) is 0 Å². The predicted octanol–water partition coefficient (Wildman–Crippen LogP) is 2.64. The molecule has 47 heavy (non-hydrogen) atoms. The number of primary amides is 1. The molecular formula is C35H39N3O9. The first-order chi connectivity index (χ1) is 22.4. The van der Waals surface area contributed by atoms with Gasteiger partial charge in [-0.25, -0.2) is 4.79 Å². The van der Waals surface area contributed by atoms with Crippen LogP contribution >= 0.6 is 0 Å². The van der Waals surface area contributed by atoms with Gasteiger partial charge in [0.25, 0.3) is 17.2 Å². The number of nitrogens with two attached hydrogens (primary N) is 1. The lowest BCUT2D eigenvalue weighted by Crippen LogP contribution is -2.60. The van der Waals surface area contributed by atoms with E-state index in [0.29, 0.717) is 11.5 Å². The standard InChI is InChI=1S/C35H39N3O9/c1-33(2,3)47-30-29(40)27(46-35(30,31(36)41)38-20-19-28(39)37-32(38)42)21-45-34(22-9-7-6-8-10-22,23-11-15-25(43-4)16-12-23)24-13-17-26(44-5)18-14-24/h6-20,27,29-30,40H,21H2,1-5H3,(H2,36,41)(H,37,39,42)/t27-,29-,30-,35+/m1/s1. The van der Waals surface area contributed by atoms with E-state index in [1.807, 2.05) is 78.9 Å². The average molecular weight is 646 g/mol. The second-order valence-electron chi connectivity index (χ2n) is 12.2. The third-order valence-corrected chi connectivity index (χ3v) is 8.06. The summed E-state index contributed by atoms with van der Waals surface area (Å²) < 4.78 is 31.1. The molecule has 4 aromatic rings. The average Bonchev–Trinajstić information content (AvgIpc) is 3.32. The van der Waals surface area contributed by atoms with Crippen molar-refractivity contribution in [2.75, 3.05) is 20.8 Å². The van der Waals surface area contributed by atoms with Gasteiger partial charge in [-0.2, -0.15) is 0 Å². The van der Waals surface area contributed by atoms with Crippen molar-refractivity contribution in [3.8, 4) is 11.5 Å². The third-order valence-electron chi connectivity index (χ3n) is 8.06. The molecule has 1 saturated heterocycles. The van der Waals surface area contributed by atoms with Gasteiger partial charge in [0.15, 0.2) is 0 Å². The van der Waals surface area contributed by atoms with Crippen LogP contribution < -0.4 is 26.5 Å². The summed E-state index contributed by atoms with van der Waals surface area (Å²) in [6, 6.07) is 25.3. The molecule has 248 valence electrons. The minimum Gasteiger partial charge on any atom is -0.497 e. The number of rotatable bonds is 11. The Morgan fingerprint density at radius 1 is 0.894 bits per heavy atom. The molecule has 0 unspecified atom stereocenters. The molecule has 0 aliphatic carbocycles. The maximum atomic E-state index is 13.3. The van der Waals surface area contributed by atoms with Gasteiger partial charge in [0.1, 0.15) is 35.4 Å². The Morgan fingerprint density at radius 2 is 1.43 bits per heavy atom. The molecule has 1 aliphatic heterocycles. The summed E-state index contributed by atoms with van der Waals surface area (Å²) in [6.07, 6.45) is -3.14. The van der Waals surface area contributed by atoms with Crippen LogP contribution in [0.3, 0.4) is 0 Å². The monoisotopic (exact) mass is 645 g/mol. The first-order valence-corrected chi connectivity index (χ1v) is 15.0. The maximum absolute atomic E-state index is 13.3. The Kier molecular flexibility index (Phi) is 9.41. The summed E-state index contributed by atoms with van der Waals surface area (Å²) in [7, 11) is 3.15. The number of hydrogen-bond donors (Lipinski definition) is 3. The van der Waals surface area contributed by atoms with Crippen LogP contribution in [0, 0.1) is 0 Å². The highest BCUT2D eigenvalue weighted by atomic mass is 16.6. The Morgan fingerprint density at radius 3 is 1.89 bits per heavy atom. The van der Waals surface area contributed by atoms with Gasteiger partial charge in [0, 0.05) is 12.3 Å². The van der Waals surface area contributed by atoms with Crippen LogP contribution in [0.25, 0.3) is 0 Å². The number of methoxy groups -OCH3 is 2. The molecule has 3 aromatic carbocycles. The normalized spacial score (nSPS) is 21.4. The zero-order valence-corrected chi connectivity index (χ0v) is 26.8. The molecule has 1 amide bonds. The molecule has 4 atom stereocenters. The molecule has 5 rings (SSSR count). The second kappa shape index (κ2) is 13.2. The number of H-pyrrole nitrogens is 1. The lowest BCUT2D eigenvalue weighted by atomic mass is 9.80. The van der Waals surface area contributed by atoms with Crippen LogP contribution in [0.1, 0.15) is 37.5 Å². The number of nitrogens with one attached hydrogen (secondary N) is 1. The number of nitrogens with zero attached hydrogens (tertiary/aromatic N) is 1. The van der Waals surface area contributed by atoms with Crippen molar-refractivity contribution in [3.63, 3.8) is 0 Å². The van der Waals surface area contributed by atoms with Crippen molar-refractivity contribution >= 4 is 5.91 Å². The molecule has 1 fully saturated rings. The Labute approximate surface area is 271 Å². The molecule has 2 heterocycles. The van der Waals surface area contributed by atoms with E-state index in [0.717, 1.165) is 33.5 Å². The Hall–Kier alpha value is -4.75. The van der Waals surface area contributed by atoms with Gasteiger partial charge in [-0.3, -0.25) is 19.1 Å². The van der Waals surface area contributed by atoms with Crippen LogP contribution in [0.15, 0.2) is 101 Å². The highest BCUT2D eigenvalue weighted by Crippen LogP contribution is 2.44. The van der Waals surface area contributed by atoms with Crippen molar-refractivity contribution in [1.82, 2.24) is 9.55 Å². The van der Waals surface area contributed by atoms with E-state index < -0.39 is 52.4 Å². The summed E-state index contributed by atoms with van der Waals surface area (Å²) >= 11 is 0. The van der Waals surface area contributed by atoms with Gasteiger partial charge in [0.2, 0.25) is 0 Å². The number of benzene rings is 3. The van der Waals surface area contributed by atoms with Crippen molar-refractivity contribution in [3.05, 3.63) is 129 Å². The first kappa shape index (κ1) is 33.6. The molecule has 12 heteroatoms. The second-order valence-corrected chi connectivity index (χ2v) is 12.2. The summed E-state index contributed by atoms with van der Waals surface area (Å²) in [6.45, 7) is 4.86. The van der Waals surface area contributed by atoms with Crippen molar-refractivity contribution in [2.24, 2.45) is 5.73 Å². The number of amides is 1. The van der Waals surface area contributed by atoms with Crippen molar-refractivity contribution in [2.45, 2.75) is 56.0 Å².